The Morgan fingerprint density at radius 2 is 2.16 bits per heavy atom. The van der Waals surface area contributed by atoms with E-state index in [1.807, 2.05) is 4.90 Å². The van der Waals surface area contributed by atoms with Gasteiger partial charge in [0.05, 0.1) is 12.8 Å². The molecule has 12 heteroatoms. The van der Waals surface area contributed by atoms with Gasteiger partial charge in [0.2, 0.25) is 16.0 Å². The first-order chi connectivity index (χ1) is 15.4. The summed E-state index contributed by atoms with van der Waals surface area (Å²) in [5.41, 5.74) is 5.78. The van der Waals surface area contributed by atoms with E-state index in [2.05, 4.69) is 20.5 Å². The van der Waals surface area contributed by atoms with Gasteiger partial charge in [0.1, 0.15) is 0 Å². The molecule has 3 heterocycles. The van der Waals surface area contributed by atoms with Crippen LogP contribution >= 0.6 is 11.3 Å². The molecule has 1 amide bonds. The van der Waals surface area contributed by atoms with Crippen LogP contribution in [0, 0.1) is 5.92 Å². The minimum absolute atomic E-state index is 0.0720. The minimum Gasteiger partial charge on any atom is -0.488 e. The number of nitrogens with two attached hydrogens (primary N) is 1. The topological polar surface area (TPSA) is 145 Å². The highest BCUT2D eigenvalue weighted by molar-refractivity contribution is 7.18. The normalized spacial score (nSPS) is 15.3. The van der Waals surface area contributed by atoms with Crippen LogP contribution < -0.4 is 26.3 Å². The van der Waals surface area contributed by atoms with Crippen LogP contribution in [-0.2, 0) is 4.74 Å². The smallest absolute Gasteiger partial charge is 0.381 e. The molecule has 3 rings (SSSR count). The molecule has 1 aliphatic heterocycles. The molecule has 2 aromatic rings. The van der Waals surface area contributed by atoms with Gasteiger partial charge in [0.25, 0.3) is 5.91 Å². The van der Waals surface area contributed by atoms with Crippen molar-refractivity contribution < 1.29 is 18.7 Å². The number of allylic oxidation sites excluding steroid dienone is 1. The van der Waals surface area contributed by atoms with Gasteiger partial charge in [0, 0.05) is 38.6 Å². The van der Waals surface area contributed by atoms with E-state index >= 15 is 0 Å². The summed E-state index contributed by atoms with van der Waals surface area (Å²) in [5.74, 6) is -0.232. The Bertz CT molecular complexity index is 1050. The summed E-state index contributed by atoms with van der Waals surface area (Å²) in [4.78, 5) is 31.4. The van der Waals surface area contributed by atoms with E-state index in [1.54, 1.807) is 20.1 Å². The second-order valence-corrected chi connectivity index (χ2v) is 8.11. The highest BCUT2D eigenvalue weighted by Gasteiger charge is 2.26. The number of methoxy groups -OCH3 is 2. The fourth-order valence-electron chi connectivity index (χ4n) is 3.38. The van der Waals surface area contributed by atoms with E-state index in [0.29, 0.717) is 42.1 Å². The average Bonchev–Trinajstić information content (AvgIpc) is 3.20. The number of hydrogen-bond donors (Lipinski definition) is 2. The van der Waals surface area contributed by atoms with Crippen molar-refractivity contribution in [2.45, 2.75) is 19.8 Å². The van der Waals surface area contributed by atoms with Crippen LogP contribution in [0.15, 0.2) is 32.5 Å². The Morgan fingerprint density at radius 3 is 2.81 bits per heavy atom. The molecule has 0 spiro atoms. The monoisotopic (exact) mass is 462 g/mol. The molecular formula is C20H26N6O5S. The number of aliphatic imine (C=N–C) groups is 1. The van der Waals surface area contributed by atoms with Gasteiger partial charge in [-0.05, 0) is 38.0 Å². The van der Waals surface area contributed by atoms with Crippen LogP contribution in [0.5, 0.6) is 5.75 Å². The molecule has 0 atom stereocenters. The van der Waals surface area contributed by atoms with Gasteiger partial charge < -0.3 is 24.5 Å². The molecule has 0 unspecified atom stereocenters. The number of hydrogen-bond acceptors (Lipinski definition) is 11. The lowest BCUT2D eigenvalue weighted by Crippen LogP contribution is -2.36. The van der Waals surface area contributed by atoms with Crippen molar-refractivity contribution in [2.24, 2.45) is 16.6 Å². The first-order valence-electron chi connectivity index (χ1n) is 9.99. The predicted molar refractivity (Wildman–Crippen MR) is 122 cm³/mol. The summed E-state index contributed by atoms with van der Waals surface area (Å²) in [5, 5.41) is 11.0. The third-order valence-electron chi connectivity index (χ3n) is 4.92. The predicted octanol–water partition coefficient (Wildman–Crippen LogP) is 2.18. The number of amides is 1. The number of carbonyl (C=O) groups is 1. The molecule has 1 fully saturated rings. The van der Waals surface area contributed by atoms with Gasteiger partial charge in [-0.3, -0.25) is 10.1 Å². The Hall–Kier alpha value is -3.25. The van der Waals surface area contributed by atoms with Crippen molar-refractivity contribution in [1.82, 2.24) is 10.2 Å². The highest BCUT2D eigenvalue weighted by Crippen LogP contribution is 2.31. The molecule has 0 aromatic carbocycles. The molecule has 3 N–H and O–H groups in total. The Labute approximate surface area is 188 Å². The molecule has 1 saturated heterocycles. The number of ether oxygens (including phenoxy) is 2. The first kappa shape index (κ1) is 23.4. The van der Waals surface area contributed by atoms with Crippen molar-refractivity contribution in [3.63, 3.8) is 0 Å². The lowest BCUT2D eigenvalue weighted by atomic mass is 9.97. The Balaban J connectivity index is 1.78. The fourth-order valence-corrected chi connectivity index (χ4v) is 4.05. The third kappa shape index (κ3) is 5.71. The maximum absolute atomic E-state index is 12.7. The first-order valence-corrected chi connectivity index (χ1v) is 10.8. The van der Waals surface area contributed by atoms with Crippen LogP contribution in [-0.4, -0.2) is 55.7 Å². The van der Waals surface area contributed by atoms with Crippen molar-refractivity contribution in [1.29, 1.82) is 0 Å². The Kier molecular flexibility index (Phi) is 7.95. The van der Waals surface area contributed by atoms with E-state index in [-0.39, 0.29) is 16.6 Å². The number of rotatable bonds is 8. The summed E-state index contributed by atoms with van der Waals surface area (Å²) in [6, 6.07) is 1.52. The fraction of sp³-hybridized carbons (Fsp3) is 0.450. The van der Waals surface area contributed by atoms with E-state index in [0.717, 1.165) is 24.2 Å². The van der Waals surface area contributed by atoms with Gasteiger partial charge in [-0.15, -0.1) is 10.2 Å². The molecule has 172 valence electrons. The minimum atomic E-state index is -0.721. The van der Waals surface area contributed by atoms with Crippen molar-refractivity contribution in [3.8, 4) is 5.75 Å². The average molecular weight is 463 g/mol. The van der Waals surface area contributed by atoms with Crippen molar-refractivity contribution in [2.75, 3.05) is 44.1 Å². The summed E-state index contributed by atoms with van der Waals surface area (Å²) in [7, 11) is 3.09. The number of piperidine rings is 1. The molecule has 0 radical (unpaired) electrons. The number of anilines is 2. The SMILES string of the molecule is COCC1CCN(c2cc(C(=O)Nc3nnc(/N=C(C)/C=C\N)s3)oc(=O)c2OC)CC1. The van der Waals surface area contributed by atoms with Crippen LogP contribution in [0.2, 0.25) is 0 Å². The summed E-state index contributed by atoms with van der Waals surface area (Å²) >= 11 is 1.08. The van der Waals surface area contributed by atoms with E-state index in [1.165, 1.54) is 19.4 Å². The lowest BCUT2D eigenvalue weighted by Gasteiger charge is -2.33. The van der Waals surface area contributed by atoms with Gasteiger partial charge in [-0.1, -0.05) is 11.3 Å². The van der Waals surface area contributed by atoms with Gasteiger partial charge >= 0.3 is 5.63 Å². The summed E-state index contributed by atoms with van der Waals surface area (Å²) < 4.78 is 15.7. The van der Waals surface area contributed by atoms with Crippen LogP contribution in [0.3, 0.4) is 0 Å². The summed E-state index contributed by atoms with van der Waals surface area (Å²) in [6.45, 7) is 3.88. The zero-order valence-electron chi connectivity index (χ0n) is 18.2. The van der Waals surface area contributed by atoms with E-state index in [9.17, 15) is 9.59 Å². The van der Waals surface area contributed by atoms with Crippen molar-refractivity contribution >= 4 is 38.9 Å². The third-order valence-corrected chi connectivity index (χ3v) is 5.65. The standard InChI is InChI=1S/C20H26N6O5S/c1-12(4-7-21)22-19-24-25-20(32-19)23-17(27)15-10-14(16(30-3)18(28)31-15)26-8-5-13(6-9-26)11-29-2/h4,7,10,13H,5-6,8-9,11,21H2,1-3H3,(H,23,25,27)/b7-4-,22-12+. The second-order valence-electron chi connectivity index (χ2n) is 7.16. The molecule has 0 saturated carbocycles. The molecule has 1 aliphatic rings. The molecule has 32 heavy (non-hydrogen) atoms. The number of nitrogens with one attached hydrogen (secondary N) is 1. The Morgan fingerprint density at radius 1 is 1.41 bits per heavy atom. The van der Waals surface area contributed by atoms with E-state index in [4.69, 9.17) is 19.6 Å². The number of carbonyl (C=O) groups excluding carboxylic acids is 1. The molecular weight excluding hydrogens is 436 g/mol. The van der Waals surface area contributed by atoms with Gasteiger partial charge in [-0.2, -0.15) is 0 Å². The van der Waals surface area contributed by atoms with E-state index < -0.39 is 11.5 Å². The van der Waals surface area contributed by atoms with Crippen LogP contribution in [0.1, 0.15) is 30.3 Å². The highest BCUT2D eigenvalue weighted by atomic mass is 32.1. The molecule has 2 aromatic heterocycles. The number of nitrogens with zero attached hydrogens (tertiary/aromatic N) is 4. The van der Waals surface area contributed by atoms with Crippen molar-refractivity contribution in [3.05, 3.63) is 34.5 Å². The van der Waals surface area contributed by atoms with Gasteiger partial charge in [0.15, 0.2) is 5.76 Å². The zero-order chi connectivity index (χ0) is 23.1. The lowest BCUT2D eigenvalue weighted by molar-refractivity contribution is 0.0991. The zero-order valence-corrected chi connectivity index (χ0v) is 19.0. The maximum Gasteiger partial charge on any atom is 0.381 e. The molecule has 0 bridgehead atoms. The maximum atomic E-state index is 12.7. The molecule has 11 nitrogen and oxygen atoms in total. The van der Waals surface area contributed by atoms with Crippen LogP contribution in [0.25, 0.3) is 0 Å². The second kappa shape index (κ2) is 10.9. The van der Waals surface area contributed by atoms with Crippen LogP contribution in [0.4, 0.5) is 16.0 Å². The quantitative estimate of drug-likeness (QED) is 0.564. The summed E-state index contributed by atoms with van der Waals surface area (Å²) in [6.07, 6.45) is 4.80. The number of aromatic nitrogens is 2. The van der Waals surface area contributed by atoms with Gasteiger partial charge in [-0.25, -0.2) is 9.79 Å². The molecule has 0 aliphatic carbocycles. The largest absolute Gasteiger partial charge is 0.488 e.